The van der Waals surface area contributed by atoms with Crippen LogP contribution in [0.2, 0.25) is 5.02 Å². The fraction of sp³-hybridized carbons (Fsp3) is 0.400. The van der Waals surface area contributed by atoms with Crippen molar-refractivity contribution < 1.29 is 19.1 Å². The molecule has 0 heterocycles. The molecule has 5 heteroatoms. The monoisotopic (exact) mass is 296 g/mol. The van der Waals surface area contributed by atoms with Crippen LogP contribution < -0.4 is 0 Å². The lowest BCUT2D eigenvalue weighted by Crippen LogP contribution is -2.28. The molecule has 0 bridgehead atoms. The number of carbonyl (C=O) groups excluding carboxylic acids is 3. The SMILES string of the molecule is CCOC(=O)C(CC(=O)c1ccc(Cl)cc1)C(=O)CC. The van der Waals surface area contributed by atoms with Crippen LogP contribution in [-0.2, 0) is 14.3 Å². The first-order chi connectivity index (χ1) is 9.49. The maximum absolute atomic E-state index is 12.1. The Morgan fingerprint density at radius 2 is 1.75 bits per heavy atom. The van der Waals surface area contributed by atoms with E-state index >= 15 is 0 Å². The van der Waals surface area contributed by atoms with Gasteiger partial charge in [-0.1, -0.05) is 18.5 Å². The van der Waals surface area contributed by atoms with E-state index in [9.17, 15) is 14.4 Å². The number of esters is 1. The standard InChI is InChI=1S/C15H17ClO4/c1-3-13(17)12(15(19)20-4-2)9-14(18)10-5-7-11(16)8-6-10/h5-8,12H,3-4,9H2,1-2H3. The van der Waals surface area contributed by atoms with Gasteiger partial charge >= 0.3 is 5.97 Å². The van der Waals surface area contributed by atoms with Crippen LogP contribution >= 0.6 is 11.6 Å². The van der Waals surface area contributed by atoms with Gasteiger partial charge in [0, 0.05) is 23.4 Å². The molecule has 20 heavy (non-hydrogen) atoms. The lowest BCUT2D eigenvalue weighted by molar-refractivity contribution is -0.151. The quantitative estimate of drug-likeness (QED) is 0.441. The molecule has 0 spiro atoms. The molecule has 1 rings (SSSR count). The second-order valence-corrected chi connectivity index (χ2v) is 4.70. The molecule has 4 nitrogen and oxygen atoms in total. The molecular weight excluding hydrogens is 280 g/mol. The van der Waals surface area contributed by atoms with Crippen LogP contribution in [0.15, 0.2) is 24.3 Å². The van der Waals surface area contributed by atoms with Crippen molar-refractivity contribution in [3.63, 3.8) is 0 Å². The number of halogens is 1. The van der Waals surface area contributed by atoms with E-state index in [1.807, 2.05) is 0 Å². The van der Waals surface area contributed by atoms with Crippen LogP contribution in [0.25, 0.3) is 0 Å². The fourth-order valence-electron chi connectivity index (χ4n) is 1.76. The number of ketones is 2. The van der Waals surface area contributed by atoms with Gasteiger partial charge in [-0.25, -0.2) is 0 Å². The molecule has 0 aromatic heterocycles. The summed E-state index contributed by atoms with van der Waals surface area (Å²) in [7, 11) is 0. The second kappa shape index (κ2) is 7.80. The molecule has 0 amide bonds. The van der Waals surface area contributed by atoms with Crippen LogP contribution in [0.1, 0.15) is 37.0 Å². The zero-order chi connectivity index (χ0) is 15.1. The molecule has 0 radical (unpaired) electrons. The highest BCUT2D eigenvalue weighted by atomic mass is 35.5. The summed E-state index contributed by atoms with van der Waals surface area (Å²) in [5, 5.41) is 0.521. The number of hydrogen-bond donors (Lipinski definition) is 0. The maximum atomic E-state index is 12.1. The van der Waals surface area contributed by atoms with Gasteiger partial charge in [-0.3, -0.25) is 14.4 Å². The van der Waals surface area contributed by atoms with E-state index in [1.54, 1.807) is 38.1 Å². The third kappa shape index (κ3) is 4.46. The van der Waals surface area contributed by atoms with Gasteiger partial charge in [0.2, 0.25) is 0 Å². The minimum absolute atomic E-state index is 0.173. The van der Waals surface area contributed by atoms with Gasteiger partial charge in [0.25, 0.3) is 0 Å². The Morgan fingerprint density at radius 3 is 2.25 bits per heavy atom. The summed E-state index contributed by atoms with van der Waals surface area (Å²) < 4.78 is 4.85. The van der Waals surface area contributed by atoms with Crippen LogP contribution in [0, 0.1) is 5.92 Å². The Morgan fingerprint density at radius 1 is 1.15 bits per heavy atom. The number of rotatable bonds is 7. The Bertz CT molecular complexity index is 493. The maximum Gasteiger partial charge on any atom is 0.316 e. The number of ether oxygens (including phenoxy) is 1. The minimum Gasteiger partial charge on any atom is -0.465 e. The topological polar surface area (TPSA) is 60.4 Å². The fourth-order valence-corrected chi connectivity index (χ4v) is 1.88. The number of Topliss-reactive ketones (excluding diaryl/α,β-unsaturated/α-hetero) is 2. The summed E-state index contributed by atoms with van der Waals surface area (Å²) >= 11 is 5.75. The highest BCUT2D eigenvalue weighted by Crippen LogP contribution is 2.16. The van der Waals surface area contributed by atoms with Gasteiger partial charge in [0.15, 0.2) is 5.78 Å². The lowest BCUT2D eigenvalue weighted by atomic mass is 9.93. The molecular formula is C15H17ClO4. The summed E-state index contributed by atoms with van der Waals surface area (Å²) in [4.78, 5) is 35.6. The van der Waals surface area contributed by atoms with Gasteiger partial charge in [-0.2, -0.15) is 0 Å². The van der Waals surface area contributed by atoms with Crippen molar-refractivity contribution in [2.45, 2.75) is 26.7 Å². The molecule has 1 aromatic rings. The molecule has 0 aliphatic carbocycles. The van der Waals surface area contributed by atoms with Gasteiger partial charge in [-0.05, 0) is 31.2 Å². The van der Waals surface area contributed by atoms with Crippen LogP contribution in [0.3, 0.4) is 0 Å². The first kappa shape index (κ1) is 16.4. The average molecular weight is 297 g/mol. The Labute approximate surface area is 123 Å². The van der Waals surface area contributed by atoms with E-state index in [0.717, 1.165) is 0 Å². The molecule has 1 atom stereocenters. The highest BCUT2D eigenvalue weighted by Gasteiger charge is 2.29. The van der Waals surface area contributed by atoms with E-state index in [1.165, 1.54) is 0 Å². The molecule has 108 valence electrons. The Hall–Kier alpha value is -1.68. The van der Waals surface area contributed by atoms with E-state index in [2.05, 4.69) is 0 Å². The zero-order valence-electron chi connectivity index (χ0n) is 11.5. The van der Waals surface area contributed by atoms with Crippen LogP contribution in [-0.4, -0.2) is 24.1 Å². The normalized spacial score (nSPS) is 11.8. The van der Waals surface area contributed by atoms with Crippen LogP contribution in [0.4, 0.5) is 0 Å². The Balaban J connectivity index is 2.83. The number of benzene rings is 1. The first-order valence-electron chi connectivity index (χ1n) is 6.47. The van der Waals surface area contributed by atoms with Gasteiger partial charge < -0.3 is 4.74 Å². The van der Waals surface area contributed by atoms with E-state index in [0.29, 0.717) is 10.6 Å². The van der Waals surface area contributed by atoms with Crippen molar-refractivity contribution in [2.75, 3.05) is 6.61 Å². The van der Waals surface area contributed by atoms with Gasteiger partial charge in [0.05, 0.1) is 6.61 Å². The molecule has 1 unspecified atom stereocenters. The van der Waals surface area contributed by atoms with Crippen molar-refractivity contribution in [3.8, 4) is 0 Å². The predicted molar refractivity (Wildman–Crippen MR) is 75.8 cm³/mol. The largest absolute Gasteiger partial charge is 0.465 e. The number of hydrogen-bond acceptors (Lipinski definition) is 4. The zero-order valence-corrected chi connectivity index (χ0v) is 12.3. The summed E-state index contributed by atoms with van der Waals surface area (Å²) in [6.07, 6.45) is 0.0184. The molecule has 0 saturated heterocycles. The third-order valence-electron chi connectivity index (χ3n) is 2.86. The van der Waals surface area contributed by atoms with E-state index < -0.39 is 11.9 Å². The third-order valence-corrected chi connectivity index (χ3v) is 3.12. The summed E-state index contributed by atoms with van der Waals surface area (Å²) in [5.41, 5.74) is 0.424. The highest BCUT2D eigenvalue weighted by molar-refractivity contribution is 6.30. The second-order valence-electron chi connectivity index (χ2n) is 4.26. The molecule has 0 N–H and O–H groups in total. The predicted octanol–water partition coefficient (Wildman–Crippen LogP) is 3.07. The summed E-state index contributed by atoms with van der Waals surface area (Å²) in [6.45, 7) is 3.50. The Kier molecular flexibility index (Phi) is 6.39. The molecule has 0 aliphatic rings. The average Bonchev–Trinajstić information content (AvgIpc) is 2.44. The smallest absolute Gasteiger partial charge is 0.316 e. The molecule has 1 aromatic carbocycles. The van der Waals surface area contributed by atoms with Crippen molar-refractivity contribution in [3.05, 3.63) is 34.9 Å². The van der Waals surface area contributed by atoms with Crippen molar-refractivity contribution in [1.82, 2.24) is 0 Å². The van der Waals surface area contributed by atoms with Crippen molar-refractivity contribution in [1.29, 1.82) is 0 Å². The van der Waals surface area contributed by atoms with Crippen LogP contribution in [0.5, 0.6) is 0 Å². The van der Waals surface area contributed by atoms with Gasteiger partial charge in [0.1, 0.15) is 11.7 Å². The van der Waals surface area contributed by atoms with Crippen molar-refractivity contribution >= 4 is 29.1 Å². The van der Waals surface area contributed by atoms with E-state index in [-0.39, 0.29) is 31.0 Å². The minimum atomic E-state index is -1.02. The van der Waals surface area contributed by atoms with Crippen molar-refractivity contribution in [2.24, 2.45) is 5.92 Å². The lowest BCUT2D eigenvalue weighted by Gasteiger charge is -2.13. The van der Waals surface area contributed by atoms with E-state index in [4.69, 9.17) is 16.3 Å². The summed E-state index contributed by atoms with van der Waals surface area (Å²) in [6, 6.07) is 6.33. The summed E-state index contributed by atoms with van der Waals surface area (Å²) in [5.74, 6) is -2.22. The molecule has 0 saturated carbocycles. The van der Waals surface area contributed by atoms with Gasteiger partial charge in [-0.15, -0.1) is 0 Å². The first-order valence-corrected chi connectivity index (χ1v) is 6.85. The molecule has 0 fully saturated rings. The number of carbonyl (C=O) groups is 3. The molecule has 0 aliphatic heterocycles.